The molecule has 0 bridgehead atoms. The van der Waals surface area contributed by atoms with Crippen LogP contribution in [0.3, 0.4) is 0 Å². The van der Waals surface area contributed by atoms with Gasteiger partial charge in [0.05, 0.1) is 0 Å². The van der Waals surface area contributed by atoms with Crippen molar-refractivity contribution >= 4 is 11.6 Å². The number of alkyl halides is 1. The average Bonchev–Trinajstić information content (AvgIpc) is 2.29. The maximum absolute atomic E-state index is 6.09. The van der Waals surface area contributed by atoms with Gasteiger partial charge in [0.15, 0.2) is 0 Å². The predicted molar refractivity (Wildman–Crippen MR) is 71.7 cm³/mol. The molecule has 0 amide bonds. The first-order valence-electron chi connectivity index (χ1n) is 6.80. The van der Waals surface area contributed by atoms with Crippen molar-refractivity contribution in [3.05, 3.63) is 0 Å². The molecule has 0 aromatic heterocycles. The highest BCUT2D eigenvalue weighted by Crippen LogP contribution is 2.34. The number of hydrogen-bond acceptors (Lipinski definition) is 0. The van der Waals surface area contributed by atoms with Crippen LogP contribution in [0.25, 0.3) is 0 Å². The summed E-state index contributed by atoms with van der Waals surface area (Å²) in [6.45, 7) is 6.83. The molecule has 0 spiro atoms. The van der Waals surface area contributed by atoms with Crippen LogP contribution in [0.4, 0.5) is 0 Å². The second kappa shape index (κ2) is 9.51. The topological polar surface area (TPSA) is 0 Å². The van der Waals surface area contributed by atoms with Gasteiger partial charge >= 0.3 is 0 Å². The Balaban J connectivity index is 3.54. The summed E-state index contributed by atoms with van der Waals surface area (Å²) < 4.78 is 0. The number of unbranched alkanes of at least 4 members (excludes halogenated alkanes) is 5. The molecule has 0 aliphatic carbocycles. The molecular weight excluding hydrogens is 204 g/mol. The molecule has 0 atom stereocenters. The number of halogens is 1. The first-order valence-corrected chi connectivity index (χ1v) is 7.34. The lowest BCUT2D eigenvalue weighted by Gasteiger charge is -2.29. The van der Waals surface area contributed by atoms with Gasteiger partial charge in [0, 0.05) is 5.88 Å². The van der Waals surface area contributed by atoms with E-state index in [1.165, 1.54) is 57.8 Å². The summed E-state index contributed by atoms with van der Waals surface area (Å²) in [6.07, 6.45) is 12.2. The van der Waals surface area contributed by atoms with Crippen LogP contribution in [-0.4, -0.2) is 5.88 Å². The van der Waals surface area contributed by atoms with Gasteiger partial charge in [-0.25, -0.2) is 0 Å². The molecule has 0 aliphatic rings. The maximum atomic E-state index is 6.09. The van der Waals surface area contributed by atoms with E-state index in [1.807, 2.05) is 0 Å². The Morgan fingerprint density at radius 1 is 0.800 bits per heavy atom. The average molecular weight is 233 g/mol. The highest BCUT2D eigenvalue weighted by molar-refractivity contribution is 6.18. The lowest BCUT2D eigenvalue weighted by molar-refractivity contribution is 0.267. The van der Waals surface area contributed by atoms with Gasteiger partial charge in [0.25, 0.3) is 0 Å². The van der Waals surface area contributed by atoms with Gasteiger partial charge in [-0.05, 0) is 24.7 Å². The third kappa shape index (κ3) is 6.45. The fourth-order valence-corrected chi connectivity index (χ4v) is 2.65. The van der Waals surface area contributed by atoms with Crippen LogP contribution in [0, 0.1) is 5.41 Å². The fourth-order valence-electron chi connectivity index (χ4n) is 2.14. The Hall–Kier alpha value is 0.290. The van der Waals surface area contributed by atoms with Crippen molar-refractivity contribution in [1.82, 2.24) is 0 Å². The van der Waals surface area contributed by atoms with Crippen molar-refractivity contribution in [2.45, 2.75) is 78.6 Å². The van der Waals surface area contributed by atoms with E-state index in [9.17, 15) is 0 Å². The van der Waals surface area contributed by atoms with Crippen molar-refractivity contribution in [3.63, 3.8) is 0 Å². The van der Waals surface area contributed by atoms with E-state index >= 15 is 0 Å². The molecule has 0 aliphatic heterocycles. The predicted octanol–water partition coefficient (Wildman–Crippen LogP) is 5.78. The lowest BCUT2D eigenvalue weighted by atomic mass is 9.79. The van der Waals surface area contributed by atoms with Crippen LogP contribution >= 0.6 is 11.6 Å². The van der Waals surface area contributed by atoms with Crippen molar-refractivity contribution in [2.75, 3.05) is 5.88 Å². The molecule has 92 valence electrons. The molecule has 0 nitrogen and oxygen atoms in total. The molecule has 15 heavy (non-hydrogen) atoms. The summed E-state index contributed by atoms with van der Waals surface area (Å²) in [6, 6.07) is 0. The third-order valence-corrected chi connectivity index (χ3v) is 4.41. The maximum Gasteiger partial charge on any atom is 0.0279 e. The fraction of sp³-hybridized carbons (Fsp3) is 1.00. The minimum absolute atomic E-state index is 0.437. The number of hydrogen-bond donors (Lipinski definition) is 0. The SMILES string of the molecule is CCCCCCCCC(CC)(CC)CCl. The molecule has 0 N–H and O–H groups in total. The van der Waals surface area contributed by atoms with E-state index in [0.29, 0.717) is 5.41 Å². The zero-order valence-electron chi connectivity index (χ0n) is 10.9. The van der Waals surface area contributed by atoms with Crippen LogP contribution in [0.2, 0.25) is 0 Å². The Morgan fingerprint density at radius 3 is 1.80 bits per heavy atom. The summed E-state index contributed by atoms with van der Waals surface area (Å²) >= 11 is 6.09. The van der Waals surface area contributed by atoms with Gasteiger partial charge < -0.3 is 0 Å². The van der Waals surface area contributed by atoms with E-state index in [4.69, 9.17) is 11.6 Å². The molecule has 0 saturated heterocycles. The molecule has 0 saturated carbocycles. The summed E-state index contributed by atoms with van der Waals surface area (Å²) in [5, 5.41) is 0. The molecule has 0 fully saturated rings. The number of rotatable bonds is 10. The second-order valence-electron chi connectivity index (χ2n) is 4.86. The third-order valence-electron chi connectivity index (χ3n) is 3.84. The van der Waals surface area contributed by atoms with Gasteiger partial charge in [-0.15, -0.1) is 11.6 Å². The van der Waals surface area contributed by atoms with Crippen LogP contribution in [-0.2, 0) is 0 Å². The zero-order chi connectivity index (χ0) is 11.6. The molecule has 1 heteroatoms. The Labute approximate surface area is 102 Å². The van der Waals surface area contributed by atoms with Gasteiger partial charge in [-0.3, -0.25) is 0 Å². The van der Waals surface area contributed by atoms with Crippen molar-refractivity contribution in [1.29, 1.82) is 0 Å². The van der Waals surface area contributed by atoms with E-state index in [0.717, 1.165) is 5.88 Å². The Morgan fingerprint density at radius 2 is 1.33 bits per heavy atom. The van der Waals surface area contributed by atoms with E-state index in [2.05, 4.69) is 20.8 Å². The normalized spacial score (nSPS) is 12.0. The molecule has 0 radical (unpaired) electrons. The largest absolute Gasteiger partial charge is 0.126 e. The quantitative estimate of drug-likeness (QED) is 0.331. The van der Waals surface area contributed by atoms with E-state index < -0.39 is 0 Å². The minimum atomic E-state index is 0.437. The highest BCUT2D eigenvalue weighted by Gasteiger charge is 2.23. The molecule has 0 aromatic rings. The zero-order valence-corrected chi connectivity index (χ0v) is 11.7. The summed E-state index contributed by atoms with van der Waals surface area (Å²) in [5.74, 6) is 0.842. The van der Waals surface area contributed by atoms with E-state index in [-0.39, 0.29) is 0 Å². The smallest absolute Gasteiger partial charge is 0.0279 e. The minimum Gasteiger partial charge on any atom is -0.126 e. The van der Waals surface area contributed by atoms with Crippen LogP contribution < -0.4 is 0 Å². The molecular formula is C14H29Cl. The van der Waals surface area contributed by atoms with Gasteiger partial charge in [-0.1, -0.05) is 59.3 Å². The monoisotopic (exact) mass is 232 g/mol. The molecule has 0 unspecified atom stereocenters. The summed E-state index contributed by atoms with van der Waals surface area (Å²) in [7, 11) is 0. The molecule has 0 aromatic carbocycles. The summed E-state index contributed by atoms with van der Waals surface area (Å²) in [5.41, 5.74) is 0.437. The van der Waals surface area contributed by atoms with Crippen LogP contribution in [0.1, 0.15) is 78.6 Å². The standard InChI is InChI=1S/C14H29Cl/c1-4-7-8-9-10-11-12-14(5-2,6-3)13-15/h4-13H2,1-3H3. The van der Waals surface area contributed by atoms with Crippen molar-refractivity contribution < 1.29 is 0 Å². The second-order valence-corrected chi connectivity index (χ2v) is 5.13. The Bertz CT molecular complexity index is 119. The lowest BCUT2D eigenvalue weighted by Crippen LogP contribution is -2.20. The highest BCUT2D eigenvalue weighted by atomic mass is 35.5. The molecule has 0 rings (SSSR count). The van der Waals surface area contributed by atoms with Gasteiger partial charge in [-0.2, -0.15) is 0 Å². The van der Waals surface area contributed by atoms with E-state index in [1.54, 1.807) is 0 Å². The van der Waals surface area contributed by atoms with Crippen LogP contribution in [0.5, 0.6) is 0 Å². The first kappa shape index (κ1) is 15.3. The van der Waals surface area contributed by atoms with Gasteiger partial charge in [0.2, 0.25) is 0 Å². The van der Waals surface area contributed by atoms with Crippen molar-refractivity contribution in [3.8, 4) is 0 Å². The summed E-state index contributed by atoms with van der Waals surface area (Å²) in [4.78, 5) is 0. The first-order chi connectivity index (χ1) is 7.24. The van der Waals surface area contributed by atoms with Crippen LogP contribution in [0.15, 0.2) is 0 Å². The van der Waals surface area contributed by atoms with Crippen molar-refractivity contribution in [2.24, 2.45) is 5.41 Å². The Kier molecular flexibility index (Phi) is 9.70. The van der Waals surface area contributed by atoms with Gasteiger partial charge in [0.1, 0.15) is 0 Å². The molecule has 0 heterocycles.